The highest BCUT2D eigenvalue weighted by molar-refractivity contribution is 8.13. The number of nitrogens with two attached hydrogens (primary N) is 1. The van der Waals surface area contributed by atoms with Crippen LogP contribution in [0, 0.1) is 0 Å². The molecule has 0 bridgehead atoms. The molecule has 0 saturated carbocycles. The Bertz CT molecular complexity index is 1700. The normalized spacial score (nSPS) is 12.1. The highest BCUT2D eigenvalue weighted by atomic mass is 35.7. The molecular formula is C23H23Cl2N7O7S. The van der Waals surface area contributed by atoms with E-state index in [0.29, 0.717) is 28.2 Å². The van der Waals surface area contributed by atoms with Crippen molar-refractivity contribution in [3.8, 4) is 5.75 Å². The minimum atomic E-state index is -3.83. The highest BCUT2D eigenvalue weighted by Gasteiger charge is 2.20. The number of nitrogens with one attached hydrogen (secondary N) is 3. The lowest BCUT2D eigenvalue weighted by Crippen LogP contribution is -2.26. The highest BCUT2D eigenvalue weighted by Crippen LogP contribution is 2.28. The van der Waals surface area contributed by atoms with Gasteiger partial charge in [-0.05, 0) is 29.8 Å². The maximum atomic E-state index is 12.4. The molecule has 0 spiro atoms. The minimum Gasteiger partial charge on any atom is -0.482 e. The van der Waals surface area contributed by atoms with Crippen molar-refractivity contribution < 1.29 is 32.3 Å². The van der Waals surface area contributed by atoms with Crippen molar-refractivity contribution >= 4 is 72.3 Å². The number of halogens is 2. The summed E-state index contributed by atoms with van der Waals surface area (Å²) in [7, 11) is 3.93. The van der Waals surface area contributed by atoms with Gasteiger partial charge >= 0.3 is 5.97 Å². The van der Waals surface area contributed by atoms with Gasteiger partial charge in [0.1, 0.15) is 23.3 Å². The average Bonchev–Trinajstić information content (AvgIpc) is 3.49. The van der Waals surface area contributed by atoms with Crippen molar-refractivity contribution in [1.29, 1.82) is 0 Å². The Labute approximate surface area is 238 Å². The van der Waals surface area contributed by atoms with Gasteiger partial charge in [0.2, 0.25) is 0 Å². The van der Waals surface area contributed by atoms with Crippen molar-refractivity contribution in [3.05, 3.63) is 59.8 Å². The van der Waals surface area contributed by atoms with E-state index >= 15 is 0 Å². The molecule has 5 N–H and O–H groups in total. The number of amides is 2. The molecule has 212 valence electrons. The van der Waals surface area contributed by atoms with E-state index in [0.717, 1.165) is 10.1 Å². The second-order valence-corrected chi connectivity index (χ2v) is 10.6. The van der Waals surface area contributed by atoms with Crippen LogP contribution in [0.3, 0.4) is 0 Å². The lowest BCUT2D eigenvalue weighted by Gasteiger charge is -2.18. The molecule has 0 aliphatic carbocycles. The van der Waals surface area contributed by atoms with E-state index in [4.69, 9.17) is 21.2 Å². The lowest BCUT2D eigenvalue weighted by atomic mass is 10.1. The number of esters is 1. The van der Waals surface area contributed by atoms with Crippen molar-refractivity contribution in [3.63, 3.8) is 0 Å². The summed E-state index contributed by atoms with van der Waals surface area (Å²) in [5.41, 5.74) is 8.99. The number of anilines is 2. The second kappa shape index (κ2) is 12.2. The van der Waals surface area contributed by atoms with Crippen LogP contribution in [0.4, 0.5) is 11.4 Å². The van der Waals surface area contributed by atoms with E-state index in [9.17, 15) is 22.8 Å². The third-order valence-corrected chi connectivity index (χ3v) is 6.94. The number of nitrogen functional groups attached to an aromatic ring is 1. The number of methoxy groups -OCH3 is 1. The van der Waals surface area contributed by atoms with Gasteiger partial charge in [-0.2, -0.15) is 0 Å². The topological polar surface area (TPSA) is 200 Å². The van der Waals surface area contributed by atoms with Crippen LogP contribution in [0.25, 0.3) is 11.0 Å². The summed E-state index contributed by atoms with van der Waals surface area (Å²) >= 11 is 0. The van der Waals surface area contributed by atoms with Crippen LogP contribution in [-0.4, -0.2) is 59.4 Å². The van der Waals surface area contributed by atoms with Gasteiger partial charge in [-0.15, -0.1) is 12.4 Å². The number of H-pyrrole nitrogens is 1. The third kappa shape index (κ3) is 6.44. The minimum absolute atomic E-state index is 0. The Kier molecular flexibility index (Phi) is 9.24. The van der Waals surface area contributed by atoms with E-state index in [-0.39, 0.29) is 53.8 Å². The first kappa shape index (κ1) is 30.2. The number of hydrogen-bond acceptors (Lipinski definition) is 10. The first-order valence-corrected chi connectivity index (χ1v) is 13.4. The average molecular weight is 612 g/mol. The number of ether oxygens (including phenoxy) is 2. The summed E-state index contributed by atoms with van der Waals surface area (Å²) in [6.07, 6.45) is 2.87. The van der Waals surface area contributed by atoms with Crippen LogP contribution in [-0.2, 0) is 32.2 Å². The molecule has 14 nitrogen and oxygen atoms in total. The predicted molar refractivity (Wildman–Crippen MR) is 147 cm³/mol. The number of aromatic amines is 1. The molecule has 0 unspecified atom stereocenters. The molecule has 4 aromatic rings. The maximum absolute atomic E-state index is 12.4. The molecule has 17 heteroatoms. The van der Waals surface area contributed by atoms with Gasteiger partial charge in [-0.1, -0.05) is 6.07 Å². The molecule has 1 aliphatic rings. The smallest absolute Gasteiger partial charge is 0.354 e. The lowest BCUT2D eigenvalue weighted by molar-refractivity contribution is -0.118. The van der Waals surface area contributed by atoms with Crippen LogP contribution in [0.1, 0.15) is 26.5 Å². The first-order chi connectivity index (χ1) is 18.5. The van der Waals surface area contributed by atoms with Gasteiger partial charge in [0, 0.05) is 30.5 Å². The van der Waals surface area contributed by atoms with E-state index in [2.05, 4.69) is 30.3 Å². The summed E-state index contributed by atoms with van der Waals surface area (Å²) in [6, 6.07) is 7.91. The first-order valence-electron chi connectivity index (χ1n) is 11.1. The number of carbonyl (C=O) groups is 3. The fourth-order valence-corrected chi connectivity index (χ4v) is 4.81. The second-order valence-electron chi connectivity index (χ2n) is 8.09. The van der Waals surface area contributed by atoms with Gasteiger partial charge in [-0.3, -0.25) is 9.59 Å². The predicted octanol–water partition coefficient (Wildman–Crippen LogP) is 1.96. The molecule has 0 atom stereocenters. The van der Waals surface area contributed by atoms with Crippen LogP contribution in [0.2, 0.25) is 0 Å². The zero-order valence-electron chi connectivity index (χ0n) is 20.9. The number of benzene rings is 1. The van der Waals surface area contributed by atoms with Crippen molar-refractivity contribution in [2.45, 2.75) is 11.6 Å². The van der Waals surface area contributed by atoms with Gasteiger partial charge in [0.05, 0.1) is 24.0 Å². The van der Waals surface area contributed by atoms with Crippen molar-refractivity contribution in [2.75, 3.05) is 24.8 Å². The van der Waals surface area contributed by atoms with Crippen LogP contribution in [0.5, 0.6) is 5.75 Å². The Morgan fingerprint density at radius 1 is 1.25 bits per heavy atom. The van der Waals surface area contributed by atoms with Gasteiger partial charge in [-0.25, -0.2) is 23.2 Å². The SMILES string of the molecule is COC(=O)c1ccc(S(=O)(=O)Cl)n1C.Cl.Nc1c[nH]c2c(C(=O)NCc3ccc4c(c3)NC(=O)CO4)ncnc12. The summed E-state index contributed by atoms with van der Waals surface area (Å²) in [5, 5.41) is 5.38. The van der Waals surface area contributed by atoms with Crippen LogP contribution >= 0.6 is 23.1 Å². The number of hydrogen-bond donors (Lipinski definition) is 4. The largest absolute Gasteiger partial charge is 0.482 e. The zero-order valence-corrected chi connectivity index (χ0v) is 23.3. The molecule has 4 heterocycles. The third-order valence-electron chi connectivity index (χ3n) is 5.56. The van der Waals surface area contributed by atoms with Gasteiger partial charge in [0.15, 0.2) is 17.3 Å². The summed E-state index contributed by atoms with van der Waals surface area (Å²) in [6.45, 7) is 0.274. The van der Waals surface area contributed by atoms with Gasteiger partial charge < -0.3 is 35.4 Å². The van der Waals surface area contributed by atoms with E-state index in [1.165, 1.54) is 32.6 Å². The molecule has 0 fully saturated rings. The number of rotatable bonds is 5. The Morgan fingerprint density at radius 2 is 2.00 bits per heavy atom. The molecule has 3 aromatic heterocycles. The molecule has 0 saturated heterocycles. The fourth-order valence-electron chi connectivity index (χ4n) is 3.68. The van der Waals surface area contributed by atoms with Crippen LogP contribution < -0.4 is 21.1 Å². The van der Waals surface area contributed by atoms with Gasteiger partial charge in [0.25, 0.3) is 20.9 Å². The molecule has 2 amide bonds. The Morgan fingerprint density at radius 3 is 2.67 bits per heavy atom. The molecule has 5 rings (SSSR count). The summed E-state index contributed by atoms with van der Waals surface area (Å²) < 4.78 is 32.9. The van der Waals surface area contributed by atoms with E-state index in [1.807, 2.05) is 6.07 Å². The Hall–Kier alpha value is -4.34. The van der Waals surface area contributed by atoms with Crippen molar-refractivity contribution in [1.82, 2.24) is 24.8 Å². The molecule has 1 aromatic carbocycles. The van der Waals surface area contributed by atoms with Crippen molar-refractivity contribution in [2.24, 2.45) is 7.05 Å². The molecule has 40 heavy (non-hydrogen) atoms. The number of fused-ring (bicyclic) bond motifs is 2. The fraction of sp³-hybridized carbons (Fsp3) is 0.174. The van der Waals surface area contributed by atoms with E-state index < -0.39 is 15.0 Å². The maximum Gasteiger partial charge on any atom is 0.354 e. The molecule has 0 radical (unpaired) electrons. The molecular weight excluding hydrogens is 589 g/mol. The van der Waals surface area contributed by atoms with Crippen LogP contribution in [0.15, 0.2) is 47.9 Å². The standard InChI is InChI=1S/C16H14N6O3.C7H8ClNO4S.ClH/c17-9-5-18-14-13(9)20-7-21-15(14)16(24)19-4-8-1-2-11-10(3-8)22-12(23)6-25-11;1-9-5(7(10)13-2)3-4-6(9)14(8,11)12;/h1-3,5,7,18H,4,6,17H2,(H,19,24)(H,22,23);3-4H,1-2H3;1H. The van der Waals surface area contributed by atoms with E-state index in [1.54, 1.807) is 18.3 Å². The summed E-state index contributed by atoms with van der Waals surface area (Å²) in [4.78, 5) is 45.9. The zero-order chi connectivity index (χ0) is 28.3. The number of aromatic nitrogens is 4. The summed E-state index contributed by atoms with van der Waals surface area (Å²) in [5.74, 6) is -0.568. The number of carbonyl (C=O) groups excluding carboxylic acids is 3. The Balaban J connectivity index is 0.000000253. The quantitative estimate of drug-likeness (QED) is 0.191. The molecule has 1 aliphatic heterocycles. The monoisotopic (exact) mass is 611 g/mol. The number of nitrogens with zero attached hydrogens (tertiary/aromatic N) is 3.